The van der Waals surface area contributed by atoms with Gasteiger partial charge in [-0.2, -0.15) is 0 Å². The van der Waals surface area contributed by atoms with Crippen molar-refractivity contribution in [1.29, 1.82) is 0 Å². The lowest BCUT2D eigenvalue weighted by Crippen LogP contribution is -2.40. The van der Waals surface area contributed by atoms with Crippen LogP contribution in [-0.4, -0.2) is 43.6 Å². The van der Waals surface area contributed by atoms with Crippen LogP contribution in [0.25, 0.3) is 0 Å². The molecule has 1 saturated heterocycles. The van der Waals surface area contributed by atoms with E-state index in [1.807, 2.05) is 6.07 Å². The fourth-order valence-corrected chi connectivity index (χ4v) is 2.78. The first-order valence-electron chi connectivity index (χ1n) is 7.99. The van der Waals surface area contributed by atoms with Gasteiger partial charge in [0.05, 0.1) is 12.7 Å². The number of carbonyl (C=O) groups excluding carboxylic acids is 1. The Balaban J connectivity index is 1.38. The van der Waals surface area contributed by atoms with Crippen molar-refractivity contribution in [2.75, 3.05) is 32.8 Å². The topological polar surface area (TPSA) is 41.6 Å². The molecule has 1 aliphatic carbocycles. The largest absolute Gasteiger partial charge is 0.371 e. The molecule has 1 saturated carbocycles. The zero-order valence-electron chi connectivity index (χ0n) is 12.5. The lowest BCUT2D eigenvalue weighted by atomic mass is 10.1. The minimum atomic E-state index is 0.181. The molecule has 1 aliphatic heterocycles. The molecule has 0 radical (unpaired) electrons. The van der Waals surface area contributed by atoms with Gasteiger partial charge in [-0.05, 0) is 24.8 Å². The van der Waals surface area contributed by atoms with E-state index in [0.29, 0.717) is 5.92 Å². The fraction of sp³-hybridized carbons (Fsp3) is 0.588. The van der Waals surface area contributed by atoms with Gasteiger partial charge in [-0.3, -0.25) is 9.69 Å². The second-order valence-corrected chi connectivity index (χ2v) is 5.99. The Hall–Kier alpha value is -1.39. The number of carbonyl (C=O) groups is 1. The van der Waals surface area contributed by atoms with E-state index >= 15 is 0 Å². The molecule has 1 atom stereocenters. The van der Waals surface area contributed by atoms with Crippen LogP contribution in [0.5, 0.6) is 0 Å². The van der Waals surface area contributed by atoms with Crippen molar-refractivity contribution in [3.8, 4) is 0 Å². The first-order chi connectivity index (χ1) is 10.3. The van der Waals surface area contributed by atoms with Gasteiger partial charge < -0.3 is 10.1 Å². The lowest BCUT2D eigenvalue weighted by molar-refractivity contribution is -0.122. The van der Waals surface area contributed by atoms with Crippen molar-refractivity contribution in [1.82, 2.24) is 10.2 Å². The van der Waals surface area contributed by atoms with Crippen LogP contribution < -0.4 is 5.32 Å². The highest BCUT2D eigenvalue weighted by molar-refractivity contribution is 5.80. The Labute approximate surface area is 126 Å². The highest BCUT2D eigenvalue weighted by atomic mass is 16.5. The summed E-state index contributed by atoms with van der Waals surface area (Å²) in [6.45, 7) is 4.54. The van der Waals surface area contributed by atoms with Crippen LogP contribution in [0.2, 0.25) is 0 Å². The predicted octanol–water partition coefficient (Wildman–Crippen LogP) is 1.98. The van der Waals surface area contributed by atoms with Crippen LogP contribution >= 0.6 is 0 Å². The fourth-order valence-electron chi connectivity index (χ4n) is 2.78. The van der Waals surface area contributed by atoms with Crippen LogP contribution in [0.3, 0.4) is 0 Å². The molecule has 2 fully saturated rings. The summed E-state index contributed by atoms with van der Waals surface area (Å²) >= 11 is 0. The average Bonchev–Trinajstić information content (AvgIpc) is 3.37. The van der Waals surface area contributed by atoms with E-state index in [2.05, 4.69) is 34.5 Å². The molecular formula is C17H24N2O2. The second kappa shape index (κ2) is 7.05. The monoisotopic (exact) mass is 288 g/mol. The minimum absolute atomic E-state index is 0.181. The molecule has 0 spiro atoms. The van der Waals surface area contributed by atoms with Gasteiger partial charge in [-0.25, -0.2) is 0 Å². The molecule has 0 bridgehead atoms. The molecule has 0 unspecified atom stereocenters. The van der Waals surface area contributed by atoms with Crippen LogP contribution in [0.1, 0.15) is 30.9 Å². The summed E-state index contributed by atoms with van der Waals surface area (Å²) in [6.07, 6.45) is 3.35. The van der Waals surface area contributed by atoms with Gasteiger partial charge in [0.15, 0.2) is 0 Å². The minimum Gasteiger partial charge on any atom is -0.371 e. The van der Waals surface area contributed by atoms with Crippen molar-refractivity contribution in [3.05, 3.63) is 35.9 Å². The molecule has 1 heterocycles. The first-order valence-corrected chi connectivity index (χ1v) is 7.99. The second-order valence-electron chi connectivity index (χ2n) is 5.99. The number of hydrogen-bond donors (Lipinski definition) is 1. The molecular weight excluding hydrogens is 264 g/mol. The van der Waals surface area contributed by atoms with Gasteiger partial charge in [-0.1, -0.05) is 30.3 Å². The number of ether oxygens (including phenoxy) is 1. The predicted molar refractivity (Wildman–Crippen MR) is 81.9 cm³/mol. The molecule has 1 aromatic rings. The molecule has 1 amide bonds. The smallest absolute Gasteiger partial charge is 0.223 e. The number of benzene rings is 1. The lowest BCUT2D eigenvalue weighted by Gasteiger charge is -2.33. The summed E-state index contributed by atoms with van der Waals surface area (Å²) in [5, 5.41) is 3.03. The van der Waals surface area contributed by atoms with Gasteiger partial charge in [0.2, 0.25) is 5.91 Å². The van der Waals surface area contributed by atoms with Gasteiger partial charge in [0, 0.05) is 32.1 Å². The molecule has 4 heteroatoms. The highest BCUT2D eigenvalue weighted by Crippen LogP contribution is 2.28. The molecule has 2 aliphatic rings. The van der Waals surface area contributed by atoms with E-state index in [4.69, 9.17) is 4.74 Å². The maximum atomic E-state index is 11.5. The highest BCUT2D eigenvalue weighted by Gasteiger charge is 2.29. The Morgan fingerprint density at radius 2 is 2.10 bits per heavy atom. The van der Waals surface area contributed by atoms with Crippen molar-refractivity contribution < 1.29 is 9.53 Å². The summed E-state index contributed by atoms with van der Waals surface area (Å²) in [6, 6.07) is 10.4. The van der Waals surface area contributed by atoms with Crippen LogP contribution in [0, 0.1) is 5.92 Å². The van der Waals surface area contributed by atoms with E-state index in [1.54, 1.807) is 0 Å². The SMILES string of the molecule is O=C(NCCCN1CCO[C@H](c2ccccc2)C1)C1CC1. The zero-order chi connectivity index (χ0) is 14.5. The summed E-state index contributed by atoms with van der Waals surface area (Å²) in [7, 11) is 0. The number of morpholine rings is 1. The summed E-state index contributed by atoms with van der Waals surface area (Å²) < 4.78 is 5.87. The summed E-state index contributed by atoms with van der Waals surface area (Å²) in [5.74, 6) is 0.565. The van der Waals surface area contributed by atoms with Crippen molar-refractivity contribution in [2.45, 2.75) is 25.4 Å². The molecule has 0 aromatic heterocycles. The molecule has 3 rings (SSSR count). The first kappa shape index (κ1) is 14.5. The summed E-state index contributed by atoms with van der Waals surface area (Å²) in [5.41, 5.74) is 1.25. The number of nitrogens with zero attached hydrogens (tertiary/aromatic N) is 1. The molecule has 21 heavy (non-hydrogen) atoms. The van der Waals surface area contributed by atoms with Gasteiger partial charge in [-0.15, -0.1) is 0 Å². The zero-order valence-corrected chi connectivity index (χ0v) is 12.5. The number of hydrogen-bond acceptors (Lipinski definition) is 3. The number of nitrogens with one attached hydrogen (secondary N) is 1. The Kier molecular flexibility index (Phi) is 4.88. The maximum absolute atomic E-state index is 11.5. The van der Waals surface area contributed by atoms with E-state index in [9.17, 15) is 4.79 Å². The third kappa shape index (κ3) is 4.29. The standard InChI is InChI=1S/C17H24N2O2/c20-17(15-7-8-15)18-9-4-10-19-11-12-21-16(13-19)14-5-2-1-3-6-14/h1-3,5-6,15-16H,4,7-13H2,(H,18,20)/t16-/m0/s1. The Morgan fingerprint density at radius 3 is 2.86 bits per heavy atom. The van der Waals surface area contributed by atoms with E-state index < -0.39 is 0 Å². The van der Waals surface area contributed by atoms with Gasteiger partial charge in [0.1, 0.15) is 0 Å². The summed E-state index contributed by atoms with van der Waals surface area (Å²) in [4.78, 5) is 14.0. The van der Waals surface area contributed by atoms with Crippen molar-refractivity contribution in [2.24, 2.45) is 5.92 Å². The van der Waals surface area contributed by atoms with Gasteiger partial charge in [0.25, 0.3) is 0 Å². The van der Waals surface area contributed by atoms with Gasteiger partial charge >= 0.3 is 0 Å². The van der Waals surface area contributed by atoms with E-state index in [1.165, 1.54) is 5.56 Å². The van der Waals surface area contributed by atoms with E-state index in [0.717, 1.165) is 52.0 Å². The maximum Gasteiger partial charge on any atom is 0.223 e. The third-order valence-electron chi connectivity index (χ3n) is 4.22. The van der Waals surface area contributed by atoms with Crippen LogP contribution in [0.4, 0.5) is 0 Å². The molecule has 4 nitrogen and oxygen atoms in total. The molecule has 1 aromatic carbocycles. The Morgan fingerprint density at radius 1 is 1.29 bits per heavy atom. The van der Waals surface area contributed by atoms with Crippen LogP contribution in [0.15, 0.2) is 30.3 Å². The number of amides is 1. The molecule has 1 N–H and O–H groups in total. The average molecular weight is 288 g/mol. The van der Waals surface area contributed by atoms with Crippen LogP contribution in [-0.2, 0) is 9.53 Å². The quantitative estimate of drug-likeness (QED) is 0.814. The van der Waals surface area contributed by atoms with E-state index in [-0.39, 0.29) is 12.0 Å². The Bertz CT molecular complexity index is 459. The van der Waals surface area contributed by atoms with Crippen molar-refractivity contribution in [3.63, 3.8) is 0 Å². The van der Waals surface area contributed by atoms with Crippen molar-refractivity contribution >= 4 is 5.91 Å². The third-order valence-corrected chi connectivity index (χ3v) is 4.22. The molecule has 114 valence electrons. The number of rotatable bonds is 6. The normalized spacial score (nSPS) is 23.0.